The van der Waals surface area contributed by atoms with Gasteiger partial charge in [0.2, 0.25) is 0 Å². The summed E-state index contributed by atoms with van der Waals surface area (Å²) in [7, 11) is 0. The average molecular weight is 508 g/mol. The van der Waals surface area contributed by atoms with E-state index in [1.165, 1.54) is 16.3 Å². The zero-order valence-electron chi connectivity index (χ0n) is 19.6. The Morgan fingerprint density at radius 3 is 2.57 bits per heavy atom. The van der Waals surface area contributed by atoms with E-state index in [0.717, 1.165) is 11.1 Å². The van der Waals surface area contributed by atoms with Crippen molar-refractivity contribution in [2.24, 2.45) is 5.73 Å². The number of benzene rings is 1. The maximum atomic E-state index is 12.6. The van der Waals surface area contributed by atoms with Crippen LogP contribution in [0.5, 0.6) is 0 Å². The molecule has 0 bridgehead atoms. The Morgan fingerprint density at radius 2 is 1.91 bits per heavy atom. The first kappa shape index (κ1) is 26.8. The number of nitrogens with two attached hydrogens (primary N) is 1. The molecule has 2 aliphatic rings. The molecule has 3 rings (SSSR count). The van der Waals surface area contributed by atoms with Crippen LogP contribution in [-0.4, -0.2) is 83.8 Å². The number of thioether (sulfide) groups is 1. The molecule has 6 N–H and O–H groups in total. The van der Waals surface area contributed by atoms with Crippen LogP contribution in [0.3, 0.4) is 0 Å². The molecule has 0 saturated carbocycles. The second kappa shape index (κ2) is 11.3. The Morgan fingerprint density at radius 1 is 1.23 bits per heavy atom. The molecule has 1 aromatic carbocycles. The summed E-state index contributed by atoms with van der Waals surface area (Å²) >= 11 is 1.50. The number of nitrogens with one attached hydrogen (secondary N) is 1. The van der Waals surface area contributed by atoms with Crippen LogP contribution in [0, 0.1) is 13.8 Å². The van der Waals surface area contributed by atoms with Crippen LogP contribution >= 0.6 is 11.8 Å². The third-order valence-electron chi connectivity index (χ3n) is 5.75. The zero-order chi connectivity index (χ0) is 25.9. The average Bonchev–Trinajstić information content (AvgIpc) is 2.82. The number of aromatic amines is 1. The molecule has 35 heavy (non-hydrogen) atoms. The van der Waals surface area contributed by atoms with Crippen molar-refractivity contribution in [1.82, 2.24) is 19.5 Å². The van der Waals surface area contributed by atoms with Gasteiger partial charge in [0.15, 0.2) is 11.5 Å². The van der Waals surface area contributed by atoms with Crippen molar-refractivity contribution < 1.29 is 24.9 Å². The number of nitrogens with zero attached hydrogens (tertiary/aromatic N) is 3. The highest BCUT2D eigenvalue weighted by molar-refractivity contribution is 7.98. The highest BCUT2D eigenvalue weighted by Crippen LogP contribution is 2.25. The quantitative estimate of drug-likeness (QED) is 0.165. The van der Waals surface area contributed by atoms with Gasteiger partial charge in [0.05, 0.1) is 24.2 Å². The van der Waals surface area contributed by atoms with Crippen LogP contribution < -0.4 is 17.0 Å². The molecule has 2 heterocycles. The number of rotatable bonds is 10. The van der Waals surface area contributed by atoms with Crippen molar-refractivity contribution in [3.05, 3.63) is 44.1 Å². The number of aliphatic hydroxyl groups excluding tert-OH is 3. The van der Waals surface area contributed by atoms with E-state index in [2.05, 4.69) is 15.0 Å². The maximum Gasteiger partial charge on any atom is 0.349 e. The number of esters is 1. The van der Waals surface area contributed by atoms with E-state index in [9.17, 15) is 29.7 Å². The SMILES string of the molecule is CSCC[C@H](N)C(=O)O[C@H](Cn1c2nc(=O)[nH]c(=O)c-2nc2cc(C)c(C)cc21)[C@@H](O)[C@@H](O)CO. The lowest BCUT2D eigenvalue weighted by atomic mass is 10.1. The summed E-state index contributed by atoms with van der Waals surface area (Å²) in [5, 5.41) is 30.2. The van der Waals surface area contributed by atoms with Crippen molar-refractivity contribution in [1.29, 1.82) is 0 Å². The van der Waals surface area contributed by atoms with Gasteiger partial charge < -0.3 is 30.4 Å². The van der Waals surface area contributed by atoms with Gasteiger partial charge in [-0.05, 0) is 55.5 Å². The van der Waals surface area contributed by atoms with Gasteiger partial charge in [0.1, 0.15) is 24.4 Å². The smallest absolute Gasteiger partial charge is 0.349 e. The van der Waals surface area contributed by atoms with Gasteiger partial charge >= 0.3 is 11.7 Å². The van der Waals surface area contributed by atoms with Crippen molar-refractivity contribution in [3.8, 4) is 11.5 Å². The van der Waals surface area contributed by atoms with Gasteiger partial charge in [-0.2, -0.15) is 16.7 Å². The topological polar surface area (TPSA) is 194 Å². The van der Waals surface area contributed by atoms with E-state index in [4.69, 9.17) is 10.5 Å². The Kier molecular flexibility index (Phi) is 8.61. The fraction of sp³-hybridized carbons (Fsp3) is 0.500. The molecule has 0 aliphatic carbocycles. The van der Waals surface area contributed by atoms with Crippen LogP contribution in [0.15, 0.2) is 21.7 Å². The number of hydrogen-bond acceptors (Lipinski definition) is 11. The van der Waals surface area contributed by atoms with Crippen molar-refractivity contribution in [3.63, 3.8) is 0 Å². The van der Waals surface area contributed by atoms with E-state index < -0.39 is 48.2 Å². The van der Waals surface area contributed by atoms with E-state index in [0.29, 0.717) is 23.2 Å². The monoisotopic (exact) mass is 507 g/mol. The second-order valence-electron chi connectivity index (χ2n) is 8.29. The molecule has 12 nitrogen and oxygen atoms in total. The standard InChI is InChI=1S/C22H29N5O7S/c1-10-6-13-14(7-11(10)2)27(19-17(24-13)20(31)26-22(33)25-19)8-16(18(30)15(29)9-28)34-21(32)12(23)4-5-35-3/h6-7,12,15-16,18,28-30H,4-5,8-9,23H2,1-3H3,(H,26,31,33)/t12-,15-,16+,18-/m0/s1. The number of hydrogen-bond donors (Lipinski definition) is 5. The number of aliphatic hydroxyl groups is 3. The molecule has 0 aromatic heterocycles. The molecule has 4 atom stereocenters. The fourth-order valence-electron chi connectivity index (χ4n) is 3.58. The van der Waals surface area contributed by atoms with Crippen molar-refractivity contribution in [2.45, 2.75) is 51.2 Å². The Labute approximate surface area is 204 Å². The van der Waals surface area contributed by atoms with E-state index in [1.54, 1.807) is 12.1 Å². The third-order valence-corrected chi connectivity index (χ3v) is 6.40. The van der Waals surface area contributed by atoms with Crippen molar-refractivity contribution >= 4 is 28.8 Å². The minimum absolute atomic E-state index is 0.0899. The van der Waals surface area contributed by atoms with Crippen LogP contribution in [0.1, 0.15) is 17.5 Å². The lowest BCUT2D eigenvalue weighted by Gasteiger charge is -2.29. The molecule has 0 spiro atoms. The summed E-state index contributed by atoms with van der Waals surface area (Å²) in [4.78, 5) is 47.5. The fourth-order valence-corrected chi connectivity index (χ4v) is 4.07. The molecular formula is C22H29N5O7S. The molecule has 0 amide bonds. The minimum atomic E-state index is -1.71. The largest absolute Gasteiger partial charge is 0.456 e. The van der Waals surface area contributed by atoms with E-state index in [-0.39, 0.29) is 18.1 Å². The lowest BCUT2D eigenvalue weighted by Crippen LogP contribution is -2.47. The summed E-state index contributed by atoms with van der Waals surface area (Å²) in [6.07, 6.45) is -2.55. The van der Waals surface area contributed by atoms with E-state index in [1.807, 2.05) is 20.1 Å². The zero-order valence-corrected chi connectivity index (χ0v) is 20.4. The molecule has 13 heteroatoms. The van der Waals surface area contributed by atoms with Crippen molar-refractivity contribution in [2.75, 3.05) is 18.6 Å². The highest BCUT2D eigenvalue weighted by Gasteiger charge is 2.33. The number of fused-ring (bicyclic) bond motifs is 2. The number of ether oxygens (including phenoxy) is 1. The molecular weight excluding hydrogens is 478 g/mol. The molecule has 1 aromatic rings. The Hall–Kier alpha value is -2.84. The molecule has 2 aliphatic heterocycles. The molecule has 0 saturated heterocycles. The number of carbonyl (C=O) groups excluding carboxylic acids is 1. The summed E-state index contributed by atoms with van der Waals surface area (Å²) in [6, 6.07) is 2.55. The molecule has 0 fully saturated rings. The van der Waals surface area contributed by atoms with Gasteiger partial charge in [-0.25, -0.2) is 9.78 Å². The van der Waals surface area contributed by atoms with Crippen LogP contribution in [-0.2, 0) is 16.1 Å². The first-order valence-electron chi connectivity index (χ1n) is 10.9. The number of aromatic nitrogens is 4. The van der Waals surface area contributed by atoms with Crippen LogP contribution in [0.25, 0.3) is 22.6 Å². The molecule has 190 valence electrons. The Balaban J connectivity index is 2.16. The maximum absolute atomic E-state index is 12.6. The summed E-state index contributed by atoms with van der Waals surface area (Å²) in [5.41, 5.74) is 6.78. The first-order valence-corrected chi connectivity index (χ1v) is 12.3. The summed E-state index contributed by atoms with van der Waals surface area (Å²) < 4.78 is 6.91. The van der Waals surface area contributed by atoms with Gasteiger partial charge in [-0.3, -0.25) is 14.6 Å². The normalized spacial score (nSPS) is 15.2. The van der Waals surface area contributed by atoms with Gasteiger partial charge in [0, 0.05) is 0 Å². The minimum Gasteiger partial charge on any atom is -0.456 e. The van der Waals surface area contributed by atoms with Gasteiger partial charge in [-0.1, -0.05) is 0 Å². The predicted molar refractivity (Wildman–Crippen MR) is 130 cm³/mol. The van der Waals surface area contributed by atoms with Gasteiger partial charge in [0.25, 0.3) is 5.56 Å². The highest BCUT2D eigenvalue weighted by atomic mass is 32.2. The van der Waals surface area contributed by atoms with Crippen LogP contribution in [0.4, 0.5) is 0 Å². The molecule has 0 radical (unpaired) electrons. The van der Waals surface area contributed by atoms with Gasteiger partial charge in [-0.15, -0.1) is 0 Å². The molecule has 0 unspecified atom stereocenters. The summed E-state index contributed by atoms with van der Waals surface area (Å²) in [6.45, 7) is 2.63. The summed E-state index contributed by atoms with van der Waals surface area (Å²) in [5.74, 6) is -0.291. The Bertz CT molecular complexity index is 1290. The third kappa shape index (κ3) is 5.87. The number of H-pyrrole nitrogens is 1. The second-order valence-corrected chi connectivity index (χ2v) is 9.28. The first-order chi connectivity index (χ1) is 16.6. The lowest BCUT2D eigenvalue weighted by molar-refractivity contribution is -0.164. The number of aryl methyl sites for hydroxylation is 2. The predicted octanol–water partition coefficient (Wildman–Crippen LogP) is -1.09. The van der Waals surface area contributed by atoms with E-state index >= 15 is 0 Å². The van der Waals surface area contributed by atoms with Crippen LogP contribution in [0.2, 0.25) is 0 Å². The number of carbonyl (C=O) groups is 1.